The van der Waals surface area contributed by atoms with Crippen LogP contribution in [0.2, 0.25) is 0 Å². The smallest absolute Gasteiger partial charge is 0.122 e. The molecular weight excluding hydrogens is 220 g/mol. The zero-order valence-corrected chi connectivity index (χ0v) is 10.8. The van der Waals surface area contributed by atoms with Gasteiger partial charge in [0.25, 0.3) is 0 Å². The molecule has 0 aliphatic heterocycles. The van der Waals surface area contributed by atoms with Crippen molar-refractivity contribution < 1.29 is 4.74 Å². The molecule has 0 N–H and O–H groups in total. The highest BCUT2D eigenvalue weighted by atomic mass is 35.5. The third-order valence-corrected chi connectivity index (χ3v) is 2.67. The van der Waals surface area contributed by atoms with E-state index in [1.807, 2.05) is 19.9 Å². The number of hydrogen-bond donors (Lipinski definition) is 0. The standard InChI is InChI=1S/C14H17ClO/c1-11-10-14(16-3)12(2)9-13(11)7-5-4-6-8-15/h9-10H,4,6,8H2,1-3H3. The first-order valence-electron chi connectivity index (χ1n) is 5.39. The van der Waals surface area contributed by atoms with Crippen LogP contribution in [0, 0.1) is 25.7 Å². The topological polar surface area (TPSA) is 9.23 Å². The Balaban J connectivity index is 2.87. The highest BCUT2D eigenvalue weighted by molar-refractivity contribution is 6.17. The largest absolute Gasteiger partial charge is 0.496 e. The molecule has 0 amide bonds. The van der Waals surface area contributed by atoms with Gasteiger partial charge in [0.05, 0.1) is 7.11 Å². The van der Waals surface area contributed by atoms with Crippen LogP contribution in [0.4, 0.5) is 0 Å². The summed E-state index contributed by atoms with van der Waals surface area (Å²) in [5.74, 6) is 7.90. The lowest BCUT2D eigenvalue weighted by atomic mass is 10.0. The van der Waals surface area contributed by atoms with E-state index >= 15 is 0 Å². The SMILES string of the molecule is COc1cc(C)c(C#CCCCCl)cc1C. The third kappa shape index (κ3) is 3.47. The van der Waals surface area contributed by atoms with E-state index < -0.39 is 0 Å². The van der Waals surface area contributed by atoms with Crippen molar-refractivity contribution in [3.63, 3.8) is 0 Å². The molecule has 1 aromatic rings. The molecule has 2 heteroatoms. The molecule has 0 unspecified atom stereocenters. The second kappa shape index (κ2) is 6.45. The summed E-state index contributed by atoms with van der Waals surface area (Å²) in [4.78, 5) is 0. The van der Waals surface area contributed by atoms with E-state index in [-0.39, 0.29) is 0 Å². The number of hydrogen-bond acceptors (Lipinski definition) is 1. The van der Waals surface area contributed by atoms with Gasteiger partial charge < -0.3 is 4.74 Å². The minimum atomic E-state index is 0.676. The molecule has 0 aliphatic carbocycles. The molecular formula is C14H17ClO. The minimum Gasteiger partial charge on any atom is -0.496 e. The van der Waals surface area contributed by atoms with Crippen LogP contribution in [-0.4, -0.2) is 13.0 Å². The summed E-state index contributed by atoms with van der Waals surface area (Å²) in [7, 11) is 1.69. The maximum atomic E-state index is 5.60. The van der Waals surface area contributed by atoms with Crippen LogP contribution in [0.15, 0.2) is 12.1 Å². The highest BCUT2D eigenvalue weighted by Gasteiger charge is 2.02. The minimum absolute atomic E-state index is 0.676. The monoisotopic (exact) mass is 236 g/mol. The molecule has 0 spiro atoms. The number of benzene rings is 1. The van der Waals surface area contributed by atoms with Gasteiger partial charge in [-0.25, -0.2) is 0 Å². The van der Waals surface area contributed by atoms with E-state index in [0.29, 0.717) is 5.88 Å². The normalized spacial score (nSPS) is 9.50. The predicted molar refractivity (Wildman–Crippen MR) is 69.3 cm³/mol. The van der Waals surface area contributed by atoms with Crippen LogP contribution in [-0.2, 0) is 0 Å². The number of ether oxygens (including phenoxy) is 1. The summed E-state index contributed by atoms with van der Waals surface area (Å²) < 4.78 is 5.26. The summed E-state index contributed by atoms with van der Waals surface area (Å²) >= 11 is 5.60. The summed E-state index contributed by atoms with van der Waals surface area (Å²) in [6.45, 7) is 4.08. The average Bonchev–Trinajstić information content (AvgIpc) is 2.28. The molecule has 0 saturated heterocycles. The van der Waals surface area contributed by atoms with Crippen molar-refractivity contribution in [2.24, 2.45) is 0 Å². The van der Waals surface area contributed by atoms with Gasteiger partial charge in [-0.1, -0.05) is 11.8 Å². The second-order valence-electron chi connectivity index (χ2n) is 3.73. The van der Waals surface area contributed by atoms with Crippen molar-refractivity contribution in [1.82, 2.24) is 0 Å². The van der Waals surface area contributed by atoms with Crippen LogP contribution in [0.5, 0.6) is 5.75 Å². The first kappa shape index (κ1) is 12.9. The van der Waals surface area contributed by atoms with Crippen LogP contribution < -0.4 is 4.74 Å². The zero-order chi connectivity index (χ0) is 12.0. The van der Waals surface area contributed by atoms with E-state index in [9.17, 15) is 0 Å². The molecule has 0 aromatic heterocycles. The maximum Gasteiger partial charge on any atom is 0.122 e. The van der Waals surface area contributed by atoms with E-state index in [4.69, 9.17) is 16.3 Å². The average molecular weight is 237 g/mol. The lowest BCUT2D eigenvalue weighted by molar-refractivity contribution is 0.411. The van der Waals surface area contributed by atoms with Crippen molar-refractivity contribution >= 4 is 11.6 Å². The molecule has 1 aromatic carbocycles. The molecule has 0 radical (unpaired) electrons. The van der Waals surface area contributed by atoms with Crippen LogP contribution in [0.25, 0.3) is 0 Å². The van der Waals surface area contributed by atoms with Crippen molar-refractivity contribution in [3.05, 3.63) is 28.8 Å². The highest BCUT2D eigenvalue weighted by Crippen LogP contribution is 2.21. The number of rotatable bonds is 3. The molecule has 0 saturated carbocycles. The second-order valence-corrected chi connectivity index (χ2v) is 4.11. The van der Waals surface area contributed by atoms with Crippen LogP contribution in [0.3, 0.4) is 0 Å². The fraction of sp³-hybridized carbons (Fsp3) is 0.429. The Morgan fingerprint density at radius 2 is 2.00 bits per heavy atom. The summed E-state index contributed by atoms with van der Waals surface area (Å²) in [6.07, 6.45) is 1.80. The Kier molecular flexibility index (Phi) is 5.22. The number of aryl methyl sites for hydroxylation is 2. The van der Waals surface area contributed by atoms with Gasteiger partial charge in [-0.05, 0) is 43.5 Å². The lowest BCUT2D eigenvalue weighted by Crippen LogP contribution is -1.91. The Morgan fingerprint density at radius 1 is 1.25 bits per heavy atom. The van der Waals surface area contributed by atoms with E-state index in [1.165, 1.54) is 0 Å². The summed E-state index contributed by atoms with van der Waals surface area (Å²) in [6, 6.07) is 4.10. The predicted octanol–water partition coefficient (Wildman–Crippen LogP) is 3.68. The lowest BCUT2D eigenvalue weighted by Gasteiger charge is -2.07. The van der Waals surface area contributed by atoms with Gasteiger partial charge in [-0.2, -0.15) is 0 Å². The van der Waals surface area contributed by atoms with E-state index in [0.717, 1.165) is 35.3 Å². The fourth-order valence-corrected chi connectivity index (χ4v) is 1.59. The van der Waals surface area contributed by atoms with Crippen molar-refractivity contribution in [2.45, 2.75) is 26.7 Å². The van der Waals surface area contributed by atoms with Gasteiger partial charge in [0, 0.05) is 17.9 Å². The van der Waals surface area contributed by atoms with Crippen LogP contribution in [0.1, 0.15) is 29.5 Å². The number of methoxy groups -OCH3 is 1. The van der Waals surface area contributed by atoms with Crippen molar-refractivity contribution in [2.75, 3.05) is 13.0 Å². The van der Waals surface area contributed by atoms with Gasteiger partial charge in [0.2, 0.25) is 0 Å². The molecule has 86 valence electrons. The van der Waals surface area contributed by atoms with Crippen LogP contribution >= 0.6 is 11.6 Å². The first-order chi connectivity index (χ1) is 7.69. The molecule has 0 aliphatic rings. The Hall–Kier alpha value is -1.13. The first-order valence-corrected chi connectivity index (χ1v) is 5.92. The van der Waals surface area contributed by atoms with Gasteiger partial charge >= 0.3 is 0 Å². The Labute approximate surface area is 103 Å². The summed E-state index contributed by atoms with van der Waals surface area (Å²) in [5, 5.41) is 0. The maximum absolute atomic E-state index is 5.60. The molecule has 16 heavy (non-hydrogen) atoms. The van der Waals surface area contributed by atoms with E-state index in [2.05, 4.69) is 17.9 Å². The quantitative estimate of drug-likeness (QED) is 0.442. The summed E-state index contributed by atoms with van der Waals surface area (Å²) in [5.41, 5.74) is 3.35. The molecule has 0 fully saturated rings. The molecule has 0 bridgehead atoms. The number of halogens is 1. The third-order valence-electron chi connectivity index (χ3n) is 2.40. The van der Waals surface area contributed by atoms with E-state index in [1.54, 1.807) is 7.11 Å². The van der Waals surface area contributed by atoms with Gasteiger partial charge in [-0.15, -0.1) is 11.6 Å². The van der Waals surface area contributed by atoms with Gasteiger partial charge in [-0.3, -0.25) is 0 Å². The number of unbranched alkanes of at least 4 members (excludes halogenated alkanes) is 1. The Bertz CT molecular complexity index is 413. The molecule has 0 atom stereocenters. The van der Waals surface area contributed by atoms with Crippen molar-refractivity contribution in [3.8, 4) is 17.6 Å². The molecule has 1 rings (SSSR count). The Morgan fingerprint density at radius 3 is 2.62 bits per heavy atom. The van der Waals surface area contributed by atoms with Crippen molar-refractivity contribution in [1.29, 1.82) is 0 Å². The van der Waals surface area contributed by atoms with Gasteiger partial charge in [0.1, 0.15) is 5.75 Å². The number of alkyl halides is 1. The molecule has 0 heterocycles. The molecule has 1 nitrogen and oxygen atoms in total. The van der Waals surface area contributed by atoms with Gasteiger partial charge in [0.15, 0.2) is 0 Å². The fourth-order valence-electron chi connectivity index (χ4n) is 1.46. The zero-order valence-electron chi connectivity index (χ0n) is 10.1.